The summed E-state index contributed by atoms with van der Waals surface area (Å²) in [5, 5.41) is 3.62. The van der Waals surface area contributed by atoms with Crippen molar-refractivity contribution in [3.63, 3.8) is 0 Å². The quantitative estimate of drug-likeness (QED) is 0.593. The molecule has 1 N–H and O–H groups in total. The second kappa shape index (κ2) is 10.6. The molecule has 1 aliphatic heterocycles. The number of nitrogens with one attached hydrogen (secondary N) is 1. The van der Waals surface area contributed by atoms with Crippen LogP contribution in [0.3, 0.4) is 0 Å². The molecule has 2 aromatic carbocycles. The Morgan fingerprint density at radius 1 is 1.23 bits per heavy atom. The number of rotatable bonds is 8. The van der Waals surface area contributed by atoms with Crippen molar-refractivity contribution in [3.05, 3.63) is 64.9 Å². The Bertz CT molecular complexity index is 970. The van der Waals surface area contributed by atoms with Crippen LogP contribution in [0.5, 0.6) is 0 Å². The fourth-order valence-electron chi connectivity index (χ4n) is 3.34. The standard InChI is InChI=1S/C21H24ClFN2O3S2/c22-18-5-1-3-16(13-18)15-29-12-10-24-21(26)17-4-2-11-25(14-17)30(27,28)20-8-6-19(23)7-9-20/h1,3,5-9,13,17H,2,4,10-12,14-15H2,(H,24,26). The van der Waals surface area contributed by atoms with Gasteiger partial charge in [0.25, 0.3) is 0 Å². The van der Waals surface area contributed by atoms with E-state index in [4.69, 9.17) is 11.6 Å². The first-order valence-corrected chi connectivity index (χ1v) is 12.7. The number of piperidine rings is 1. The van der Waals surface area contributed by atoms with Crippen LogP contribution in [0.25, 0.3) is 0 Å². The first kappa shape index (κ1) is 23.1. The minimum Gasteiger partial charge on any atom is -0.355 e. The summed E-state index contributed by atoms with van der Waals surface area (Å²) in [4.78, 5) is 12.6. The Morgan fingerprint density at radius 3 is 2.73 bits per heavy atom. The first-order valence-electron chi connectivity index (χ1n) is 9.72. The summed E-state index contributed by atoms with van der Waals surface area (Å²) in [6.45, 7) is 1.02. The average Bonchev–Trinajstić information content (AvgIpc) is 2.74. The van der Waals surface area contributed by atoms with Gasteiger partial charge in [-0.15, -0.1) is 0 Å². The van der Waals surface area contributed by atoms with Crippen molar-refractivity contribution in [3.8, 4) is 0 Å². The van der Waals surface area contributed by atoms with E-state index in [0.29, 0.717) is 31.0 Å². The Hall–Kier alpha value is -1.61. The van der Waals surface area contributed by atoms with Gasteiger partial charge in [-0.2, -0.15) is 16.1 Å². The van der Waals surface area contributed by atoms with E-state index in [0.717, 1.165) is 29.2 Å². The first-order chi connectivity index (χ1) is 14.4. The molecular formula is C21H24ClFN2O3S2. The summed E-state index contributed by atoms with van der Waals surface area (Å²) < 4.78 is 40.0. The number of benzene rings is 2. The Labute approximate surface area is 186 Å². The summed E-state index contributed by atoms with van der Waals surface area (Å²) in [6.07, 6.45) is 1.26. The number of carbonyl (C=O) groups excluding carboxylic acids is 1. The molecule has 162 valence electrons. The molecule has 0 radical (unpaired) electrons. The molecule has 30 heavy (non-hydrogen) atoms. The maximum absolute atomic E-state index is 13.1. The van der Waals surface area contributed by atoms with Gasteiger partial charge in [-0.1, -0.05) is 23.7 Å². The second-order valence-electron chi connectivity index (χ2n) is 7.13. The molecule has 0 aromatic heterocycles. The van der Waals surface area contributed by atoms with E-state index in [-0.39, 0.29) is 23.3 Å². The molecule has 1 heterocycles. The zero-order chi connectivity index (χ0) is 21.6. The smallest absolute Gasteiger partial charge is 0.243 e. The monoisotopic (exact) mass is 470 g/mol. The number of thioether (sulfide) groups is 1. The van der Waals surface area contributed by atoms with Gasteiger partial charge in [-0.3, -0.25) is 4.79 Å². The lowest BCUT2D eigenvalue weighted by Gasteiger charge is -2.31. The topological polar surface area (TPSA) is 66.5 Å². The number of carbonyl (C=O) groups is 1. The van der Waals surface area contributed by atoms with Crippen molar-refractivity contribution >= 4 is 39.3 Å². The van der Waals surface area contributed by atoms with E-state index in [1.807, 2.05) is 24.3 Å². The number of halogens is 2. The highest BCUT2D eigenvalue weighted by atomic mass is 35.5. The highest BCUT2D eigenvalue weighted by Crippen LogP contribution is 2.24. The lowest BCUT2D eigenvalue weighted by atomic mass is 9.99. The third-order valence-electron chi connectivity index (χ3n) is 4.91. The van der Waals surface area contributed by atoms with Gasteiger partial charge in [-0.05, 0) is 54.8 Å². The van der Waals surface area contributed by atoms with Crippen LogP contribution in [-0.4, -0.2) is 44.0 Å². The molecule has 1 aliphatic rings. The summed E-state index contributed by atoms with van der Waals surface area (Å²) in [6, 6.07) is 12.4. The normalized spacial score (nSPS) is 17.6. The minimum absolute atomic E-state index is 0.0439. The number of amides is 1. The highest BCUT2D eigenvalue weighted by molar-refractivity contribution is 7.98. The summed E-state index contributed by atoms with van der Waals surface area (Å²) in [5.41, 5.74) is 1.13. The van der Waals surface area contributed by atoms with Crippen molar-refractivity contribution in [2.45, 2.75) is 23.5 Å². The molecule has 0 spiro atoms. The van der Waals surface area contributed by atoms with Crippen molar-refractivity contribution < 1.29 is 17.6 Å². The predicted molar refractivity (Wildman–Crippen MR) is 119 cm³/mol. The molecule has 1 atom stereocenters. The molecule has 0 aliphatic carbocycles. The molecule has 1 unspecified atom stereocenters. The van der Waals surface area contributed by atoms with Gasteiger partial charge in [0.2, 0.25) is 15.9 Å². The van der Waals surface area contributed by atoms with E-state index in [2.05, 4.69) is 5.32 Å². The van der Waals surface area contributed by atoms with Gasteiger partial charge in [0.15, 0.2) is 0 Å². The lowest BCUT2D eigenvalue weighted by Crippen LogP contribution is -2.45. The van der Waals surface area contributed by atoms with Crippen LogP contribution in [0.15, 0.2) is 53.4 Å². The molecule has 5 nitrogen and oxygen atoms in total. The van der Waals surface area contributed by atoms with Crippen molar-refractivity contribution in [2.24, 2.45) is 5.92 Å². The Balaban J connectivity index is 1.46. The van der Waals surface area contributed by atoms with Crippen LogP contribution in [0, 0.1) is 11.7 Å². The van der Waals surface area contributed by atoms with Crippen LogP contribution >= 0.6 is 23.4 Å². The number of hydrogen-bond donors (Lipinski definition) is 1. The maximum atomic E-state index is 13.1. The maximum Gasteiger partial charge on any atom is 0.243 e. The number of hydrogen-bond acceptors (Lipinski definition) is 4. The number of sulfonamides is 1. The average molecular weight is 471 g/mol. The van der Waals surface area contributed by atoms with Crippen LogP contribution < -0.4 is 5.32 Å². The fraction of sp³-hybridized carbons (Fsp3) is 0.381. The molecule has 3 rings (SSSR count). The zero-order valence-electron chi connectivity index (χ0n) is 16.4. The SMILES string of the molecule is O=C(NCCSCc1cccc(Cl)c1)C1CCCN(S(=O)(=O)c2ccc(F)cc2)C1. The van der Waals surface area contributed by atoms with Crippen LogP contribution in [0.1, 0.15) is 18.4 Å². The van der Waals surface area contributed by atoms with E-state index in [9.17, 15) is 17.6 Å². The van der Waals surface area contributed by atoms with E-state index < -0.39 is 15.8 Å². The van der Waals surface area contributed by atoms with Gasteiger partial charge < -0.3 is 5.32 Å². The van der Waals surface area contributed by atoms with Crippen LogP contribution in [0.2, 0.25) is 5.02 Å². The van der Waals surface area contributed by atoms with Crippen LogP contribution in [0.4, 0.5) is 4.39 Å². The van der Waals surface area contributed by atoms with Gasteiger partial charge in [-0.25, -0.2) is 12.8 Å². The molecule has 0 bridgehead atoms. The minimum atomic E-state index is -3.74. The summed E-state index contributed by atoms with van der Waals surface area (Å²) in [5.74, 6) is 0.564. The van der Waals surface area contributed by atoms with E-state index in [1.165, 1.54) is 16.4 Å². The summed E-state index contributed by atoms with van der Waals surface area (Å²) in [7, 11) is -3.74. The highest BCUT2D eigenvalue weighted by Gasteiger charge is 2.33. The molecule has 1 saturated heterocycles. The Morgan fingerprint density at radius 2 is 2.00 bits per heavy atom. The number of nitrogens with zero attached hydrogens (tertiary/aromatic N) is 1. The molecule has 2 aromatic rings. The Kier molecular flexibility index (Phi) is 8.16. The van der Waals surface area contributed by atoms with E-state index >= 15 is 0 Å². The molecule has 1 fully saturated rings. The van der Waals surface area contributed by atoms with Gasteiger partial charge in [0, 0.05) is 36.2 Å². The molecule has 1 amide bonds. The van der Waals surface area contributed by atoms with Crippen LogP contribution in [-0.2, 0) is 20.6 Å². The lowest BCUT2D eigenvalue weighted by molar-refractivity contribution is -0.125. The fourth-order valence-corrected chi connectivity index (χ4v) is 5.88. The molecule has 0 saturated carbocycles. The third kappa shape index (κ3) is 6.20. The van der Waals surface area contributed by atoms with Gasteiger partial charge in [0.05, 0.1) is 10.8 Å². The van der Waals surface area contributed by atoms with E-state index in [1.54, 1.807) is 11.8 Å². The second-order valence-corrected chi connectivity index (χ2v) is 10.6. The van der Waals surface area contributed by atoms with Gasteiger partial charge >= 0.3 is 0 Å². The predicted octanol–water partition coefficient (Wildman–Crippen LogP) is 3.93. The third-order valence-corrected chi connectivity index (χ3v) is 8.05. The van der Waals surface area contributed by atoms with Crippen molar-refractivity contribution in [2.75, 3.05) is 25.4 Å². The van der Waals surface area contributed by atoms with Crippen molar-refractivity contribution in [1.29, 1.82) is 0 Å². The molecular weight excluding hydrogens is 447 g/mol. The zero-order valence-corrected chi connectivity index (χ0v) is 18.8. The van der Waals surface area contributed by atoms with Crippen molar-refractivity contribution in [1.82, 2.24) is 9.62 Å². The summed E-state index contributed by atoms with van der Waals surface area (Å²) >= 11 is 7.67. The van der Waals surface area contributed by atoms with Gasteiger partial charge in [0.1, 0.15) is 5.82 Å². The molecule has 9 heteroatoms. The largest absolute Gasteiger partial charge is 0.355 e.